The lowest BCUT2D eigenvalue weighted by Gasteiger charge is -2.13. The van der Waals surface area contributed by atoms with Crippen molar-refractivity contribution < 1.29 is 18.0 Å². The maximum Gasteiger partial charge on any atom is 0.417 e. The van der Waals surface area contributed by atoms with Crippen LogP contribution in [0.3, 0.4) is 0 Å². The van der Waals surface area contributed by atoms with Gasteiger partial charge in [0.15, 0.2) is 0 Å². The van der Waals surface area contributed by atoms with Gasteiger partial charge in [-0.25, -0.2) is 9.97 Å². The lowest BCUT2D eigenvalue weighted by Crippen LogP contribution is -2.16. The van der Waals surface area contributed by atoms with E-state index >= 15 is 0 Å². The maximum atomic E-state index is 13.5. The number of anilines is 1. The fraction of sp³-hybridized carbons (Fsp3) is 0.111. The van der Waals surface area contributed by atoms with Crippen LogP contribution in [0.15, 0.2) is 49.8 Å². The lowest BCUT2D eigenvalue weighted by molar-refractivity contribution is -0.138. The molecule has 30 heavy (non-hydrogen) atoms. The summed E-state index contributed by atoms with van der Waals surface area (Å²) in [5.74, 6) is -0.492. The highest BCUT2D eigenvalue weighted by Gasteiger charge is 2.36. The molecule has 0 saturated carbocycles. The molecule has 0 fully saturated rings. The van der Waals surface area contributed by atoms with E-state index in [0.717, 1.165) is 17.8 Å². The molecule has 5 nitrogen and oxygen atoms in total. The second kappa shape index (κ2) is 9.47. The van der Waals surface area contributed by atoms with Crippen molar-refractivity contribution in [3.63, 3.8) is 0 Å². The van der Waals surface area contributed by atoms with E-state index in [0.29, 0.717) is 13.8 Å². The van der Waals surface area contributed by atoms with Crippen molar-refractivity contribution in [3.8, 4) is 16.6 Å². The van der Waals surface area contributed by atoms with Crippen LogP contribution in [0.1, 0.15) is 11.1 Å². The predicted molar refractivity (Wildman–Crippen MR) is 116 cm³/mol. The van der Waals surface area contributed by atoms with Gasteiger partial charge in [0, 0.05) is 10.7 Å². The van der Waals surface area contributed by atoms with Crippen molar-refractivity contribution in [3.05, 3.63) is 55.9 Å². The fourth-order valence-corrected chi connectivity index (χ4v) is 4.89. The Morgan fingerprint density at radius 3 is 2.70 bits per heavy atom. The van der Waals surface area contributed by atoms with Crippen molar-refractivity contribution in [2.24, 2.45) is 0 Å². The van der Waals surface area contributed by atoms with Gasteiger partial charge in [-0.2, -0.15) is 18.4 Å². The molecule has 0 radical (unpaired) electrons. The van der Waals surface area contributed by atoms with Crippen molar-refractivity contribution in [2.75, 3.05) is 11.1 Å². The van der Waals surface area contributed by atoms with E-state index in [4.69, 9.17) is 0 Å². The third kappa shape index (κ3) is 5.40. The molecule has 3 heterocycles. The number of nitrogens with zero attached hydrogens (tertiary/aromatic N) is 3. The second-order valence-corrected chi connectivity index (χ2v) is 9.32. The number of pyridine rings is 2. The average Bonchev–Trinajstić information content (AvgIpc) is 3.22. The Balaban J connectivity index is 1.88. The standard InChI is InChI=1S/C18H9Br2F3N4OS2/c19-9-4-12(20)16(25-7-9)27-15(28)8-30-17-10(6-24)11(18(21,22)23)5-13(26-17)14-2-1-3-29-14/h1-5,7H,8H2,(H,25,27,28). The van der Waals surface area contributed by atoms with Gasteiger partial charge >= 0.3 is 6.18 Å². The first-order valence-corrected chi connectivity index (χ1v) is 11.4. The van der Waals surface area contributed by atoms with Crippen LogP contribution < -0.4 is 5.32 Å². The molecule has 3 aromatic rings. The summed E-state index contributed by atoms with van der Waals surface area (Å²) >= 11 is 8.49. The molecular formula is C18H9Br2F3N4OS2. The highest BCUT2D eigenvalue weighted by Crippen LogP contribution is 2.38. The molecule has 0 aliphatic heterocycles. The van der Waals surface area contributed by atoms with Gasteiger partial charge in [0.25, 0.3) is 0 Å². The summed E-state index contributed by atoms with van der Waals surface area (Å²) < 4.78 is 41.8. The number of thioether (sulfide) groups is 1. The highest BCUT2D eigenvalue weighted by molar-refractivity contribution is 9.11. The van der Waals surface area contributed by atoms with Crippen molar-refractivity contribution >= 4 is 66.7 Å². The highest BCUT2D eigenvalue weighted by atomic mass is 79.9. The van der Waals surface area contributed by atoms with Gasteiger partial charge in [0.05, 0.1) is 31.9 Å². The van der Waals surface area contributed by atoms with Crippen LogP contribution in [-0.2, 0) is 11.0 Å². The van der Waals surface area contributed by atoms with Crippen LogP contribution in [0.25, 0.3) is 10.6 Å². The second-order valence-electron chi connectivity index (χ2n) is 5.64. The number of carbonyl (C=O) groups is 1. The molecule has 0 aromatic carbocycles. The largest absolute Gasteiger partial charge is 0.417 e. The Hall–Kier alpha value is -1.94. The van der Waals surface area contributed by atoms with E-state index in [1.165, 1.54) is 17.5 Å². The van der Waals surface area contributed by atoms with E-state index in [2.05, 4.69) is 47.1 Å². The summed E-state index contributed by atoms with van der Waals surface area (Å²) in [6.45, 7) is 0. The molecule has 0 atom stereocenters. The molecule has 0 aliphatic rings. The average molecular weight is 578 g/mol. The zero-order valence-electron chi connectivity index (χ0n) is 14.6. The zero-order chi connectivity index (χ0) is 21.9. The van der Waals surface area contributed by atoms with Crippen molar-refractivity contribution in [1.29, 1.82) is 5.26 Å². The molecule has 3 aromatic heterocycles. The molecule has 12 heteroatoms. The van der Waals surface area contributed by atoms with E-state index in [-0.39, 0.29) is 22.3 Å². The summed E-state index contributed by atoms with van der Waals surface area (Å²) in [4.78, 5) is 21.1. The fourth-order valence-electron chi connectivity index (χ4n) is 2.32. The molecule has 1 N–H and O–H groups in total. The smallest absolute Gasteiger partial charge is 0.309 e. The molecular weight excluding hydrogens is 569 g/mol. The number of hydrogen-bond acceptors (Lipinski definition) is 6. The summed E-state index contributed by atoms with van der Waals surface area (Å²) in [5.41, 5.74) is -1.59. The monoisotopic (exact) mass is 576 g/mol. The SMILES string of the molecule is N#Cc1c(C(F)(F)F)cc(-c2cccs2)nc1SCC(=O)Nc1ncc(Br)cc1Br. The van der Waals surface area contributed by atoms with Gasteiger partial charge in [-0.3, -0.25) is 4.79 Å². The molecule has 0 bridgehead atoms. The van der Waals surface area contributed by atoms with Crippen molar-refractivity contribution in [1.82, 2.24) is 9.97 Å². The number of hydrogen-bond donors (Lipinski definition) is 1. The Labute approximate surface area is 194 Å². The molecule has 1 amide bonds. The molecule has 154 valence electrons. The summed E-state index contributed by atoms with van der Waals surface area (Å²) in [5, 5.41) is 13.4. The molecule has 0 spiro atoms. The zero-order valence-corrected chi connectivity index (χ0v) is 19.4. The number of carbonyl (C=O) groups excluding carboxylic acids is 1. The minimum atomic E-state index is -4.73. The van der Waals surface area contributed by atoms with Gasteiger partial charge in [-0.1, -0.05) is 17.8 Å². The van der Waals surface area contributed by atoms with E-state index in [1.54, 1.807) is 29.6 Å². The van der Waals surface area contributed by atoms with Crippen LogP contribution in [0, 0.1) is 11.3 Å². The van der Waals surface area contributed by atoms with Crippen LogP contribution in [0.2, 0.25) is 0 Å². The molecule has 0 aliphatic carbocycles. The van der Waals surface area contributed by atoms with Crippen LogP contribution in [0.4, 0.5) is 19.0 Å². The van der Waals surface area contributed by atoms with E-state index in [1.807, 2.05) is 0 Å². The van der Waals surface area contributed by atoms with Gasteiger partial charge in [0.1, 0.15) is 16.9 Å². The minimum Gasteiger partial charge on any atom is -0.309 e. The van der Waals surface area contributed by atoms with Crippen molar-refractivity contribution in [2.45, 2.75) is 11.2 Å². The van der Waals surface area contributed by atoms with Crippen LogP contribution in [-0.4, -0.2) is 21.6 Å². The summed E-state index contributed by atoms with van der Waals surface area (Å²) in [7, 11) is 0. The Bertz CT molecular complexity index is 1130. The number of nitrogens with one attached hydrogen (secondary N) is 1. The maximum absolute atomic E-state index is 13.5. The third-order valence-electron chi connectivity index (χ3n) is 3.58. The van der Waals surface area contributed by atoms with Gasteiger partial charge < -0.3 is 5.32 Å². The minimum absolute atomic E-state index is 0.0940. The van der Waals surface area contributed by atoms with Crippen LogP contribution in [0.5, 0.6) is 0 Å². The lowest BCUT2D eigenvalue weighted by atomic mass is 10.1. The number of rotatable bonds is 5. The summed E-state index contributed by atoms with van der Waals surface area (Å²) in [6, 6.07) is 7.45. The number of nitriles is 1. The number of thiophene rings is 1. The first kappa shape index (κ1) is 22.7. The van der Waals surface area contributed by atoms with Gasteiger partial charge in [0.2, 0.25) is 5.91 Å². The Morgan fingerprint density at radius 1 is 1.33 bits per heavy atom. The summed E-state index contributed by atoms with van der Waals surface area (Å²) in [6.07, 6.45) is -3.24. The number of alkyl halides is 3. The van der Waals surface area contributed by atoms with Gasteiger partial charge in [-0.15, -0.1) is 11.3 Å². The number of amides is 1. The third-order valence-corrected chi connectivity index (χ3v) is 6.49. The number of halogens is 5. The molecule has 0 saturated heterocycles. The normalized spacial score (nSPS) is 11.2. The Kier molecular flexibility index (Phi) is 7.18. The first-order chi connectivity index (χ1) is 14.2. The predicted octanol–water partition coefficient (Wildman–Crippen LogP) is 6.35. The number of aromatic nitrogens is 2. The quantitative estimate of drug-likeness (QED) is 0.357. The van der Waals surface area contributed by atoms with Crippen LogP contribution >= 0.6 is 55.0 Å². The Morgan fingerprint density at radius 2 is 2.10 bits per heavy atom. The molecule has 0 unspecified atom stereocenters. The van der Waals surface area contributed by atoms with E-state index < -0.39 is 23.2 Å². The topological polar surface area (TPSA) is 78.7 Å². The first-order valence-electron chi connectivity index (χ1n) is 7.99. The molecule has 3 rings (SSSR count). The van der Waals surface area contributed by atoms with Gasteiger partial charge in [-0.05, 0) is 55.4 Å². The van der Waals surface area contributed by atoms with E-state index in [9.17, 15) is 23.2 Å².